The van der Waals surface area contributed by atoms with Gasteiger partial charge in [0.2, 0.25) is 0 Å². The highest BCUT2D eigenvalue weighted by molar-refractivity contribution is 5.95. The van der Waals surface area contributed by atoms with Gasteiger partial charge < -0.3 is 14.7 Å². The molecule has 1 aromatic carbocycles. The van der Waals surface area contributed by atoms with Crippen LogP contribution in [-0.4, -0.2) is 41.1 Å². The Kier molecular flexibility index (Phi) is 4.83. The molecule has 1 atom stereocenters. The fourth-order valence-electron chi connectivity index (χ4n) is 2.77. The van der Waals surface area contributed by atoms with E-state index in [9.17, 15) is 9.59 Å². The summed E-state index contributed by atoms with van der Waals surface area (Å²) in [6.07, 6.45) is 2.07. The van der Waals surface area contributed by atoms with E-state index in [0.717, 1.165) is 19.4 Å². The number of carboxylic acid groups (broad SMARTS) is 1. The fraction of sp³-hybridized carbons (Fsp3) is 0.500. The monoisotopic (exact) mass is 291 g/mol. The van der Waals surface area contributed by atoms with Crippen LogP contribution in [0.4, 0.5) is 0 Å². The van der Waals surface area contributed by atoms with Gasteiger partial charge in [-0.2, -0.15) is 0 Å². The molecular formula is C16H21NO4. The number of nitrogens with zero attached hydrogens (tertiary/aromatic N) is 1. The lowest BCUT2D eigenvalue weighted by atomic mass is 10.0. The van der Waals surface area contributed by atoms with E-state index in [1.165, 1.54) is 0 Å². The number of carbonyl (C=O) groups is 2. The largest absolute Gasteiger partial charge is 0.482 e. The molecule has 0 aliphatic carbocycles. The molecule has 1 N–H and O–H groups in total. The summed E-state index contributed by atoms with van der Waals surface area (Å²) in [7, 11) is 0. The van der Waals surface area contributed by atoms with Crippen LogP contribution in [0.3, 0.4) is 0 Å². The Balaban J connectivity index is 2.12. The second kappa shape index (κ2) is 6.61. The standard InChI is InChI=1S/C16H21NO4/c1-11(2)14-7-4-8-17(14)16(20)12-5-3-6-13(9-12)21-10-15(18)19/h3,5-6,9,11,14H,4,7-8,10H2,1-2H3,(H,18,19). The van der Waals surface area contributed by atoms with E-state index in [0.29, 0.717) is 17.2 Å². The zero-order valence-corrected chi connectivity index (χ0v) is 12.4. The predicted molar refractivity (Wildman–Crippen MR) is 78.5 cm³/mol. The Bertz CT molecular complexity index is 527. The average Bonchev–Trinajstić information content (AvgIpc) is 2.94. The van der Waals surface area contributed by atoms with E-state index in [-0.39, 0.29) is 11.9 Å². The minimum absolute atomic E-state index is 0.00743. The molecule has 1 aromatic rings. The van der Waals surface area contributed by atoms with Crippen molar-refractivity contribution in [2.24, 2.45) is 5.92 Å². The van der Waals surface area contributed by atoms with E-state index in [1.807, 2.05) is 4.90 Å². The van der Waals surface area contributed by atoms with Crippen LogP contribution in [0.25, 0.3) is 0 Å². The first-order chi connectivity index (χ1) is 9.99. The Morgan fingerprint density at radius 2 is 2.19 bits per heavy atom. The predicted octanol–water partition coefficient (Wildman–Crippen LogP) is 2.41. The van der Waals surface area contributed by atoms with E-state index < -0.39 is 12.6 Å². The summed E-state index contributed by atoms with van der Waals surface area (Å²) < 4.78 is 5.12. The van der Waals surface area contributed by atoms with Gasteiger partial charge in [-0.3, -0.25) is 4.79 Å². The van der Waals surface area contributed by atoms with Crippen molar-refractivity contribution >= 4 is 11.9 Å². The van der Waals surface area contributed by atoms with Gasteiger partial charge in [0.25, 0.3) is 5.91 Å². The van der Waals surface area contributed by atoms with Gasteiger partial charge >= 0.3 is 5.97 Å². The van der Waals surface area contributed by atoms with Gasteiger partial charge in [0.1, 0.15) is 5.75 Å². The number of amides is 1. The lowest BCUT2D eigenvalue weighted by molar-refractivity contribution is -0.139. The van der Waals surface area contributed by atoms with Gasteiger partial charge in [-0.25, -0.2) is 4.79 Å². The second-order valence-corrected chi connectivity index (χ2v) is 5.66. The maximum absolute atomic E-state index is 12.6. The molecule has 2 rings (SSSR count). The fourth-order valence-corrected chi connectivity index (χ4v) is 2.77. The van der Waals surface area contributed by atoms with Crippen LogP contribution in [0.5, 0.6) is 5.75 Å². The number of aliphatic carboxylic acids is 1. The summed E-state index contributed by atoms with van der Waals surface area (Å²) in [5.74, 6) is -0.204. The summed E-state index contributed by atoms with van der Waals surface area (Å²) in [4.78, 5) is 25.0. The van der Waals surface area contributed by atoms with Crippen LogP contribution in [-0.2, 0) is 4.79 Å². The van der Waals surface area contributed by atoms with Crippen molar-refractivity contribution in [3.8, 4) is 5.75 Å². The molecule has 0 saturated carbocycles. The number of hydrogen-bond acceptors (Lipinski definition) is 3. The lowest BCUT2D eigenvalue weighted by Crippen LogP contribution is -2.38. The highest BCUT2D eigenvalue weighted by atomic mass is 16.5. The third kappa shape index (κ3) is 3.74. The molecule has 1 amide bonds. The topological polar surface area (TPSA) is 66.8 Å². The molecule has 1 heterocycles. The number of carbonyl (C=O) groups excluding carboxylic acids is 1. The summed E-state index contributed by atoms with van der Waals surface area (Å²) in [5, 5.41) is 8.62. The number of carboxylic acids is 1. The average molecular weight is 291 g/mol. The summed E-state index contributed by atoms with van der Waals surface area (Å²) in [6, 6.07) is 7.00. The Labute approximate surface area is 124 Å². The molecule has 1 aliphatic heterocycles. The number of benzene rings is 1. The zero-order chi connectivity index (χ0) is 15.4. The van der Waals surface area contributed by atoms with Gasteiger partial charge in [-0.05, 0) is 37.0 Å². The first-order valence-corrected chi connectivity index (χ1v) is 7.24. The molecule has 1 unspecified atom stereocenters. The van der Waals surface area contributed by atoms with Crippen LogP contribution in [0, 0.1) is 5.92 Å². The van der Waals surface area contributed by atoms with Crippen molar-refractivity contribution in [1.29, 1.82) is 0 Å². The van der Waals surface area contributed by atoms with Gasteiger partial charge in [0.05, 0.1) is 0 Å². The maximum atomic E-state index is 12.6. The molecule has 21 heavy (non-hydrogen) atoms. The molecule has 5 nitrogen and oxygen atoms in total. The molecule has 114 valence electrons. The van der Waals surface area contributed by atoms with Crippen molar-refractivity contribution in [3.05, 3.63) is 29.8 Å². The highest BCUT2D eigenvalue weighted by Gasteiger charge is 2.31. The SMILES string of the molecule is CC(C)C1CCCN1C(=O)c1cccc(OCC(=O)O)c1. The smallest absolute Gasteiger partial charge is 0.341 e. The molecule has 1 saturated heterocycles. The molecule has 1 aliphatic rings. The van der Waals surface area contributed by atoms with Crippen LogP contribution in [0.2, 0.25) is 0 Å². The van der Waals surface area contributed by atoms with Crippen molar-refractivity contribution in [1.82, 2.24) is 4.90 Å². The third-order valence-corrected chi connectivity index (χ3v) is 3.77. The van der Waals surface area contributed by atoms with Gasteiger partial charge in [-0.15, -0.1) is 0 Å². The molecule has 5 heteroatoms. The molecule has 1 fully saturated rings. The molecule has 0 spiro atoms. The highest BCUT2D eigenvalue weighted by Crippen LogP contribution is 2.26. The Hall–Kier alpha value is -2.04. The minimum atomic E-state index is -1.04. The van der Waals surface area contributed by atoms with Gasteiger partial charge in [0.15, 0.2) is 6.61 Å². The molecule has 0 bridgehead atoms. The second-order valence-electron chi connectivity index (χ2n) is 5.66. The number of ether oxygens (including phenoxy) is 1. The lowest BCUT2D eigenvalue weighted by Gasteiger charge is -2.27. The van der Waals surface area contributed by atoms with E-state index in [1.54, 1.807) is 24.3 Å². The number of hydrogen-bond donors (Lipinski definition) is 1. The zero-order valence-electron chi connectivity index (χ0n) is 12.4. The van der Waals surface area contributed by atoms with Crippen LogP contribution >= 0.6 is 0 Å². The Morgan fingerprint density at radius 1 is 1.43 bits per heavy atom. The third-order valence-electron chi connectivity index (χ3n) is 3.77. The van der Waals surface area contributed by atoms with E-state index in [2.05, 4.69) is 13.8 Å². The van der Waals surface area contributed by atoms with E-state index >= 15 is 0 Å². The van der Waals surface area contributed by atoms with Gasteiger partial charge in [0, 0.05) is 18.2 Å². The van der Waals surface area contributed by atoms with Gasteiger partial charge in [-0.1, -0.05) is 19.9 Å². The molecular weight excluding hydrogens is 270 g/mol. The van der Waals surface area contributed by atoms with Crippen molar-refractivity contribution in [3.63, 3.8) is 0 Å². The quantitative estimate of drug-likeness (QED) is 0.904. The van der Waals surface area contributed by atoms with Crippen LogP contribution < -0.4 is 4.74 Å². The molecule has 0 aromatic heterocycles. The number of rotatable bonds is 5. The van der Waals surface area contributed by atoms with Crippen LogP contribution in [0.15, 0.2) is 24.3 Å². The maximum Gasteiger partial charge on any atom is 0.341 e. The summed E-state index contributed by atoms with van der Waals surface area (Å²) >= 11 is 0. The summed E-state index contributed by atoms with van der Waals surface area (Å²) in [6.45, 7) is 4.63. The normalized spacial score (nSPS) is 18.0. The molecule has 0 radical (unpaired) electrons. The Morgan fingerprint density at radius 3 is 2.86 bits per heavy atom. The van der Waals surface area contributed by atoms with Crippen molar-refractivity contribution in [2.45, 2.75) is 32.7 Å². The number of likely N-dealkylation sites (tertiary alicyclic amines) is 1. The van der Waals surface area contributed by atoms with E-state index in [4.69, 9.17) is 9.84 Å². The first kappa shape index (κ1) is 15.4. The van der Waals surface area contributed by atoms with Crippen LogP contribution in [0.1, 0.15) is 37.0 Å². The first-order valence-electron chi connectivity index (χ1n) is 7.24. The summed E-state index contributed by atoms with van der Waals surface area (Å²) in [5.41, 5.74) is 0.547. The van der Waals surface area contributed by atoms with Crippen molar-refractivity contribution < 1.29 is 19.4 Å². The minimum Gasteiger partial charge on any atom is -0.482 e. The van der Waals surface area contributed by atoms with Crippen molar-refractivity contribution in [2.75, 3.05) is 13.2 Å².